The van der Waals surface area contributed by atoms with Crippen LogP contribution < -0.4 is 10.9 Å². The molecule has 0 aromatic carbocycles. The molecule has 0 amide bonds. The molecule has 0 aliphatic carbocycles. The molecule has 0 aliphatic heterocycles. The third-order valence-electron chi connectivity index (χ3n) is 1.86. The molecule has 78 valence electrons. The molecule has 1 atom stereocenters. The van der Waals surface area contributed by atoms with Gasteiger partial charge >= 0.3 is 0 Å². The second kappa shape index (κ2) is 4.22. The molecule has 2 aromatic heterocycles. The van der Waals surface area contributed by atoms with Crippen LogP contribution in [0.25, 0.3) is 0 Å². The molecule has 0 spiro atoms. The zero-order chi connectivity index (χ0) is 10.7. The number of thiazole rings is 1. The van der Waals surface area contributed by atoms with E-state index in [0.29, 0.717) is 5.82 Å². The molecule has 0 aliphatic rings. The van der Waals surface area contributed by atoms with Gasteiger partial charge in [0.1, 0.15) is 10.8 Å². The highest BCUT2D eigenvalue weighted by Crippen LogP contribution is 2.18. The number of H-pyrrole nitrogens is 1. The Balaban J connectivity index is 2.12. The van der Waals surface area contributed by atoms with Crippen LogP contribution in [0.4, 0.5) is 5.82 Å². The standard InChI is InChI=1S/C9H10N4OS/c1-6(9-10-2-3-15-9)13-7-4-8(14)12-5-11-7/h2-6H,1H3,(H2,11,12,13,14). The molecule has 0 saturated heterocycles. The molecule has 15 heavy (non-hydrogen) atoms. The smallest absolute Gasteiger partial charge is 0.252 e. The summed E-state index contributed by atoms with van der Waals surface area (Å²) in [6, 6.07) is 1.48. The highest BCUT2D eigenvalue weighted by Gasteiger charge is 2.07. The summed E-state index contributed by atoms with van der Waals surface area (Å²) in [4.78, 5) is 21.6. The summed E-state index contributed by atoms with van der Waals surface area (Å²) in [5.74, 6) is 0.557. The number of nitrogens with one attached hydrogen (secondary N) is 2. The topological polar surface area (TPSA) is 70.7 Å². The van der Waals surface area contributed by atoms with Crippen molar-refractivity contribution in [1.82, 2.24) is 15.0 Å². The molecule has 5 nitrogen and oxygen atoms in total. The van der Waals surface area contributed by atoms with Crippen LogP contribution in [0, 0.1) is 0 Å². The maximum atomic E-state index is 11.0. The summed E-state index contributed by atoms with van der Waals surface area (Å²) in [6.45, 7) is 1.97. The van der Waals surface area contributed by atoms with Gasteiger partial charge in [-0.1, -0.05) is 0 Å². The van der Waals surface area contributed by atoms with E-state index in [2.05, 4.69) is 20.3 Å². The van der Waals surface area contributed by atoms with Crippen LogP contribution in [0.2, 0.25) is 0 Å². The first kappa shape index (κ1) is 9.85. The molecule has 2 heterocycles. The number of aromatic amines is 1. The summed E-state index contributed by atoms with van der Waals surface area (Å²) in [5, 5.41) is 5.99. The zero-order valence-electron chi connectivity index (χ0n) is 8.10. The van der Waals surface area contributed by atoms with Crippen molar-refractivity contribution in [3.05, 3.63) is 39.3 Å². The predicted octanol–water partition coefficient (Wildman–Crippen LogP) is 1.40. The van der Waals surface area contributed by atoms with E-state index >= 15 is 0 Å². The fourth-order valence-electron chi connectivity index (χ4n) is 1.18. The van der Waals surface area contributed by atoms with Gasteiger partial charge in [0.15, 0.2) is 0 Å². The maximum Gasteiger partial charge on any atom is 0.252 e. The minimum Gasteiger partial charge on any atom is -0.361 e. The Morgan fingerprint density at radius 1 is 1.53 bits per heavy atom. The van der Waals surface area contributed by atoms with Crippen LogP contribution >= 0.6 is 11.3 Å². The Morgan fingerprint density at radius 3 is 3.07 bits per heavy atom. The predicted molar refractivity (Wildman–Crippen MR) is 59.0 cm³/mol. The summed E-state index contributed by atoms with van der Waals surface area (Å²) >= 11 is 1.57. The van der Waals surface area contributed by atoms with Crippen molar-refractivity contribution in [2.75, 3.05) is 5.32 Å². The molecule has 0 fully saturated rings. The lowest BCUT2D eigenvalue weighted by molar-refractivity contribution is 0.857. The van der Waals surface area contributed by atoms with Gasteiger partial charge in [-0.05, 0) is 6.92 Å². The number of rotatable bonds is 3. The second-order valence-electron chi connectivity index (χ2n) is 3.03. The number of hydrogen-bond donors (Lipinski definition) is 2. The summed E-state index contributed by atoms with van der Waals surface area (Å²) < 4.78 is 0. The van der Waals surface area contributed by atoms with Crippen LogP contribution in [0.3, 0.4) is 0 Å². The number of hydrogen-bond acceptors (Lipinski definition) is 5. The van der Waals surface area contributed by atoms with E-state index in [0.717, 1.165) is 5.01 Å². The molecule has 6 heteroatoms. The van der Waals surface area contributed by atoms with Crippen molar-refractivity contribution in [2.45, 2.75) is 13.0 Å². The minimum atomic E-state index is -0.168. The van der Waals surface area contributed by atoms with Gasteiger partial charge in [-0.15, -0.1) is 11.3 Å². The first-order valence-corrected chi connectivity index (χ1v) is 5.34. The average Bonchev–Trinajstić information content (AvgIpc) is 2.70. The Hall–Kier alpha value is -1.69. The van der Waals surface area contributed by atoms with Gasteiger partial charge in [-0.3, -0.25) is 4.79 Å². The SMILES string of the molecule is CC(Nc1cc(=O)[nH]cn1)c1nccs1. The highest BCUT2D eigenvalue weighted by atomic mass is 32.1. The van der Waals surface area contributed by atoms with Gasteiger partial charge in [-0.25, -0.2) is 9.97 Å². The number of nitrogens with zero attached hydrogens (tertiary/aromatic N) is 2. The molecule has 2 rings (SSSR count). The van der Waals surface area contributed by atoms with Gasteiger partial charge in [0.05, 0.1) is 12.4 Å². The van der Waals surface area contributed by atoms with Crippen LogP contribution in [0.5, 0.6) is 0 Å². The third-order valence-corrected chi connectivity index (χ3v) is 2.82. The Kier molecular flexibility index (Phi) is 2.77. The number of aromatic nitrogens is 3. The second-order valence-corrected chi connectivity index (χ2v) is 3.96. The van der Waals surface area contributed by atoms with E-state index in [-0.39, 0.29) is 11.6 Å². The molecule has 0 bridgehead atoms. The lowest BCUT2D eigenvalue weighted by Gasteiger charge is -2.10. The van der Waals surface area contributed by atoms with E-state index < -0.39 is 0 Å². The number of anilines is 1. The van der Waals surface area contributed by atoms with E-state index in [4.69, 9.17) is 0 Å². The van der Waals surface area contributed by atoms with E-state index in [1.807, 2.05) is 12.3 Å². The minimum absolute atomic E-state index is 0.0549. The van der Waals surface area contributed by atoms with Gasteiger partial charge in [0.2, 0.25) is 0 Å². The average molecular weight is 222 g/mol. The van der Waals surface area contributed by atoms with Crippen LogP contribution in [-0.2, 0) is 0 Å². The fraction of sp³-hybridized carbons (Fsp3) is 0.222. The monoisotopic (exact) mass is 222 g/mol. The molecular weight excluding hydrogens is 212 g/mol. The van der Waals surface area contributed by atoms with Gasteiger partial charge < -0.3 is 10.3 Å². The van der Waals surface area contributed by atoms with Crippen LogP contribution in [-0.4, -0.2) is 15.0 Å². The quantitative estimate of drug-likeness (QED) is 0.823. The van der Waals surface area contributed by atoms with Crippen molar-refractivity contribution in [2.24, 2.45) is 0 Å². The molecule has 2 aromatic rings. The van der Waals surface area contributed by atoms with Gasteiger partial charge in [0.25, 0.3) is 5.56 Å². The zero-order valence-corrected chi connectivity index (χ0v) is 8.91. The van der Waals surface area contributed by atoms with Crippen molar-refractivity contribution in [3.8, 4) is 0 Å². The lowest BCUT2D eigenvalue weighted by Crippen LogP contribution is -2.12. The van der Waals surface area contributed by atoms with Crippen molar-refractivity contribution < 1.29 is 0 Å². The van der Waals surface area contributed by atoms with Gasteiger partial charge in [-0.2, -0.15) is 0 Å². The summed E-state index contributed by atoms with van der Waals surface area (Å²) in [7, 11) is 0. The van der Waals surface area contributed by atoms with Crippen molar-refractivity contribution in [1.29, 1.82) is 0 Å². The maximum absolute atomic E-state index is 11.0. The molecule has 0 radical (unpaired) electrons. The fourth-order valence-corrected chi connectivity index (χ4v) is 1.83. The summed E-state index contributed by atoms with van der Waals surface area (Å²) in [5.41, 5.74) is -0.168. The third kappa shape index (κ3) is 2.41. The van der Waals surface area contributed by atoms with E-state index in [1.54, 1.807) is 17.5 Å². The Morgan fingerprint density at radius 2 is 2.40 bits per heavy atom. The van der Waals surface area contributed by atoms with Crippen molar-refractivity contribution in [3.63, 3.8) is 0 Å². The van der Waals surface area contributed by atoms with Crippen LogP contribution in [0.1, 0.15) is 18.0 Å². The highest BCUT2D eigenvalue weighted by molar-refractivity contribution is 7.09. The molecule has 2 N–H and O–H groups in total. The molecule has 1 unspecified atom stereocenters. The normalized spacial score (nSPS) is 12.3. The molecule has 0 saturated carbocycles. The Bertz CT molecular complexity index is 479. The first-order chi connectivity index (χ1) is 7.25. The molecular formula is C9H10N4OS. The largest absolute Gasteiger partial charge is 0.361 e. The van der Waals surface area contributed by atoms with Gasteiger partial charge in [0, 0.05) is 17.6 Å². The summed E-state index contributed by atoms with van der Waals surface area (Å²) in [6.07, 6.45) is 3.13. The van der Waals surface area contributed by atoms with E-state index in [9.17, 15) is 4.79 Å². The lowest BCUT2D eigenvalue weighted by atomic mass is 10.3. The van der Waals surface area contributed by atoms with E-state index in [1.165, 1.54) is 12.4 Å². The Labute approximate surface area is 90.2 Å². The van der Waals surface area contributed by atoms with Crippen molar-refractivity contribution >= 4 is 17.2 Å². The van der Waals surface area contributed by atoms with Crippen LogP contribution in [0.15, 0.2) is 28.8 Å². The first-order valence-electron chi connectivity index (χ1n) is 4.46.